The molecule has 8 heteroatoms. The Bertz CT molecular complexity index is 424. The Morgan fingerprint density at radius 1 is 1.69 bits per heavy atom. The minimum absolute atomic E-state index is 0.0643. The molecule has 0 radical (unpaired) electrons. The van der Waals surface area contributed by atoms with Crippen LogP contribution in [0.2, 0.25) is 0 Å². The van der Waals surface area contributed by atoms with Gasteiger partial charge in [-0.2, -0.15) is 0 Å². The second-order valence-electron chi connectivity index (χ2n) is 2.85. The maximum atomic E-state index is 10.7. The minimum Gasteiger partial charge on any atom is -0.481 e. The molecule has 0 aliphatic rings. The van der Waals surface area contributed by atoms with E-state index in [1.165, 1.54) is 12.3 Å². The van der Waals surface area contributed by atoms with Gasteiger partial charge in [-0.05, 0) is 15.9 Å². The summed E-state index contributed by atoms with van der Waals surface area (Å²) in [4.78, 5) is 24.1. The van der Waals surface area contributed by atoms with Gasteiger partial charge in [0.15, 0.2) is 0 Å². The molecule has 16 heavy (non-hydrogen) atoms. The predicted octanol–water partition coefficient (Wildman–Crippen LogP) is 1.64. The molecule has 0 amide bonds. The maximum absolute atomic E-state index is 10.7. The van der Waals surface area contributed by atoms with Crippen LogP contribution >= 0.6 is 15.9 Å². The fraction of sp³-hybridized carbons (Fsp3) is 0.250. The van der Waals surface area contributed by atoms with Crippen LogP contribution < -0.4 is 5.32 Å². The summed E-state index contributed by atoms with van der Waals surface area (Å²) in [5.74, 6) is -0.915. The first-order valence-corrected chi connectivity index (χ1v) is 5.05. The molecule has 1 rings (SSSR count). The van der Waals surface area contributed by atoms with Crippen LogP contribution in [0.25, 0.3) is 0 Å². The van der Waals surface area contributed by atoms with Gasteiger partial charge >= 0.3 is 11.7 Å². The molecule has 0 saturated heterocycles. The average Bonchev–Trinajstić information content (AvgIpc) is 2.19. The van der Waals surface area contributed by atoms with Crippen molar-refractivity contribution in [1.82, 2.24) is 4.98 Å². The average molecular weight is 290 g/mol. The van der Waals surface area contributed by atoms with E-state index in [0.717, 1.165) is 0 Å². The fourth-order valence-corrected chi connectivity index (χ4v) is 1.31. The molecule has 0 aliphatic carbocycles. The zero-order valence-electron chi connectivity index (χ0n) is 8.01. The molecule has 0 atom stereocenters. The largest absolute Gasteiger partial charge is 0.481 e. The van der Waals surface area contributed by atoms with Crippen LogP contribution in [0.4, 0.5) is 11.5 Å². The van der Waals surface area contributed by atoms with Crippen molar-refractivity contribution in [2.24, 2.45) is 0 Å². The summed E-state index contributed by atoms with van der Waals surface area (Å²) < 4.78 is 0.489. The van der Waals surface area contributed by atoms with Crippen molar-refractivity contribution in [1.29, 1.82) is 0 Å². The van der Waals surface area contributed by atoms with Gasteiger partial charge in [0.05, 0.1) is 11.3 Å². The lowest BCUT2D eigenvalue weighted by Crippen LogP contribution is -2.10. The lowest BCUT2D eigenvalue weighted by molar-refractivity contribution is -0.384. The molecule has 0 saturated carbocycles. The molecule has 86 valence electrons. The highest BCUT2D eigenvalue weighted by Crippen LogP contribution is 2.24. The van der Waals surface area contributed by atoms with E-state index in [-0.39, 0.29) is 24.5 Å². The zero-order chi connectivity index (χ0) is 12.1. The Morgan fingerprint density at radius 3 is 2.94 bits per heavy atom. The summed E-state index contributed by atoms with van der Waals surface area (Å²) in [6, 6.07) is 1.30. The highest BCUT2D eigenvalue weighted by molar-refractivity contribution is 9.10. The number of aromatic nitrogens is 1. The number of nitrogens with one attached hydrogen (secondary N) is 1. The highest BCUT2D eigenvalue weighted by atomic mass is 79.9. The lowest BCUT2D eigenvalue weighted by Gasteiger charge is -2.04. The smallest absolute Gasteiger partial charge is 0.312 e. The van der Waals surface area contributed by atoms with Crippen LogP contribution in [-0.2, 0) is 4.79 Å². The van der Waals surface area contributed by atoms with Crippen molar-refractivity contribution in [2.45, 2.75) is 6.42 Å². The molecular formula is C8H8BrN3O4. The van der Waals surface area contributed by atoms with Crippen molar-refractivity contribution in [3.05, 3.63) is 26.9 Å². The van der Waals surface area contributed by atoms with Crippen molar-refractivity contribution in [2.75, 3.05) is 11.9 Å². The zero-order valence-corrected chi connectivity index (χ0v) is 9.60. The van der Waals surface area contributed by atoms with Gasteiger partial charge in [-0.1, -0.05) is 0 Å². The number of anilines is 1. The second-order valence-corrected chi connectivity index (χ2v) is 3.76. The van der Waals surface area contributed by atoms with Gasteiger partial charge in [0, 0.05) is 23.3 Å². The normalized spacial score (nSPS) is 9.81. The van der Waals surface area contributed by atoms with Gasteiger partial charge < -0.3 is 10.4 Å². The first-order chi connectivity index (χ1) is 7.50. The number of carboxylic acid groups (broad SMARTS) is 1. The van der Waals surface area contributed by atoms with Gasteiger partial charge in [0.25, 0.3) is 0 Å². The standard InChI is InChI=1S/C8H8BrN3O4/c9-5-3-6(12(15)16)8(11-4-5)10-2-1-7(13)14/h3-4H,1-2H2,(H,10,11)(H,13,14). The highest BCUT2D eigenvalue weighted by Gasteiger charge is 2.15. The van der Waals surface area contributed by atoms with Gasteiger partial charge in [-0.25, -0.2) is 4.98 Å². The summed E-state index contributed by atoms with van der Waals surface area (Å²) in [5.41, 5.74) is -0.195. The molecule has 0 aromatic carbocycles. The Balaban J connectivity index is 2.78. The molecule has 7 nitrogen and oxygen atoms in total. The van der Waals surface area contributed by atoms with Crippen molar-refractivity contribution in [3.63, 3.8) is 0 Å². The Morgan fingerprint density at radius 2 is 2.38 bits per heavy atom. The summed E-state index contributed by atoms with van der Waals surface area (Å²) in [5, 5.41) is 21.7. The van der Waals surface area contributed by atoms with E-state index >= 15 is 0 Å². The van der Waals surface area contributed by atoms with Gasteiger partial charge in [0.2, 0.25) is 5.82 Å². The van der Waals surface area contributed by atoms with Crippen molar-refractivity contribution >= 4 is 33.4 Å². The van der Waals surface area contributed by atoms with Crippen LogP contribution in [0.15, 0.2) is 16.7 Å². The fourth-order valence-electron chi connectivity index (χ4n) is 0.992. The predicted molar refractivity (Wildman–Crippen MR) is 59.3 cm³/mol. The number of hydrogen-bond donors (Lipinski definition) is 2. The number of pyridine rings is 1. The van der Waals surface area contributed by atoms with E-state index in [4.69, 9.17) is 5.11 Å². The molecule has 1 heterocycles. The number of nitro groups is 1. The topological polar surface area (TPSA) is 105 Å². The van der Waals surface area contributed by atoms with Crippen LogP contribution in [-0.4, -0.2) is 27.5 Å². The molecule has 0 bridgehead atoms. The third-order valence-electron chi connectivity index (χ3n) is 1.66. The molecule has 1 aromatic heterocycles. The number of nitrogens with zero attached hydrogens (tertiary/aromatic N) is 2. The summed E-state index contributed by atoms with van der Waals surface area (Å²) >= 11 is 3.07. The molecule has 1 aromatic rings. The second kappa shape index (κ2) is 5.40. The van der Waals surface area contributed by atoms with Crippen LogP contribution in [0.1, 0.15) is 6.42 Å². The Kier molecular flexibility index (Phi) is 4.18. The quantitative estimate of drug-likeness (QED) is 0.630. The maximum Gasteiger partial charge on any atom is 0.312 e. The summed E-state index contributed by atoms with van der Waals surface area (Å²) in [6.07, 6.45) is 1.27. The van der Waals surface area contributed by atoms with Crippen LogP contribution in [0, 0.1) is 10.1 Å². The van der Waals surface area contributed by atoms with Gasteiger partial charge in [-0.3, -0.25) is 14.9 Å². The molecule has 0 unspecified atom stereocenters. The summed E-state index contributed by atoms with van der Waals surface area (Å²) in [7, 11) is 0. The van der Waals surface area contributed by atoms with Gasteiger partial charge in [-0.15, -0.1) is 0 Å². The Hall–Kier alpha value is -1.70. The number of halogens is 1. The summed E-state index contributed by atoms with van der Waals surface area (Å²) in [6.45, 7) is 0.0881. The monoisotopic (exact) mass is 289 g/mol. The third kappa shape index (κ3) is 3.46. The molecule has 0 aliphatic heterocycles. The van der Waals surface area contributed by atoms with Crippen molar-refractivity contribution < 1.29 is 14.8 Å². The molecule has 0 fully saturated rings. The number of hydrogen-bond acceptors (Lipinski definition) is 5. The number of aliphatic carboxylic acids is 1. The van der Waals surface area contributed by atoms with Crippen LogP contribution in [0.3, 0.4) is 0 Å². The lowest BCUT2D eigenvalue weighted by atomic mass is 10.3. The molecular weight excluding hydrogens is 282 g/mol. The number of rotatable bonds is 5. The first kappa shape index (κ1) is 12.4. The van der Waals surface area contributed by atoms with E-state index in [2.05, 4.69) is 26.2 Å². The molecule has 0 spiro atoms. The third-order valence-corrected chi connectivity index (χ3v) is 2.10. The molecule has 2 N–H and O–H groups in total. The van der Waals surface area contributed by atoms with E-state index in [0.29, 0.717) is 4.47 Å². The first-order valence-electron chi connectivity index (χ1n) is 4.26. The minimum atomic E-state index is -0.979. The van der Waals surface area contributed by atoms with E-state index in [1.54, 1.807) is 0 Å². The van der Waals surface area contributed by atoms with E-state index in [9.17, 15) is 14.9 Å². The van der Waals surface area contributed by atoms with Crippen molar-refractivity contribution in [3.8, 4) is 0 Å². The number of carbonyl (C=O) groups is 1. The SMILES string of the molecule is O=C(O)CCNc1ncc(Br)cc1[N+](=O)[O-]. The van der Waals surface area contributed by atoms with Gasteiger partial charge in [0.1, 0.15) is 0 Å². The van der Waals surface area contributed by atoms with Crippen LogP contribution in [0.5, 0.6) is 0 Å². The Labute approximate surface area is 98.8 Å². The number of carboxylic acids is 1. The van der Waals surface area contributed by atoms with E-state index in [1.807, 2.05) is 0 Å². The van der Waals surface area contributed by atoms with E-state index < -0.39 is 10.9 Å².